The van der Waals surface area contributed by atoms with Gasteiger partial charge in [0.15, 0.2) is 0 Å². The Morgan fingerprint density at radius 3 is 2.79 bits per heavy atom. The van der Waals surface area contributed by atoms with Crippen molar-refractivity contribution >= 4 is 18.3 Å². The molecule has 2 nitrogen and oxygen atoms in total. The molecule has 1 atom stereocenters. The summed E-state index contributed by atoms with van der Waals surface area (Å²) in [4.78, 5) is 0.599. The second kappa shape index (κ2) is 3.27. The maximum atomic E-state index is 12.8. The normalized spacial score (nSPS) is 19.8. The van der Waals surface area contributed by atoms with Crippen LogP contribution in [0, 0.1) is 5.82 Å². The van der Waals surface area contributed by atoms with Gasteiger partial charge in [-0.3, -0.25) is 4.90 Å². The molecule has 0 fully saturated rings. The van der Waals surface area contributed by atoms with Crippen LogP contribution in [0.25, 0.3) is 0 Å². The highest BCUT2D eigenvalue weighted by Crippen LogP contribution is 2.40. The monoisotopic (exact) mass is 221 g/mol. The van der Waals surface area contributed by atoms with Crippen LogP contribution in [0.4, 0.5) is 18.9 Å². The number of thiol groups is 1. The molecule has 0 aromatic heterocycles. The SMILES string of the molecule is Fc1ccc2c(c1)N(C(F)F)C(S)O2. The largest absolute Gasteiger partial charge is 0.459 e. The number of hydrogen-bond donors (Lipinski definition) is 1. The van der Waals surface area contributed by atoms with Crippen molar-refractivity contribution in [2.45, 2.75) is 12.1 Å². The van der Waals surface area contributed by atoms with Crippen molar-refractivity contribution < 1.29 is 17.9 Å². The number of nitrogens with zero attached hydrogens (tertiary/aromatic N) is 1. The van der Waals surface area contributed by atoms with Crippen molar-refractivity contribution in [2.75, 3.05) is 4.90 Å². The Bertz CT molecular complexity index is 360. The Kier molecular flexibility index (Phi) is 2.22. The Balaban J connectivity index is 2.44. The highest BCUT2D eigenvalue weighted by Gasteiger charge is 2.34. The van der Waals surface area contributed by atoms with E-state index in [-0.39, 0.29) is 11.4 Å². The Hall–Kier alpha value is -1.04. The summed E-state index contributed by atoms with van der Waals surface area (Å²) in [7, 11) is 0. The third-order valence-corrected chi connectivity index (χ3v) is 2.23. The number of ether oxygens (including phenoxy) is 1. The number of anilines is 1. The highest BCUT2D eigenvalue weighted by atomic mass is 32.1. The third-order valence-electron chi connectivity index (χ3n) is 1.88. The van der Waals surface area contributed by atoms with E-state index in [0.717, 1.165) is 12.1 Å². The summed E-state index contributed by atoms with van der Waals surface area (Å²) in [5, 5.41) is 0. The smallest absolute Gasteiger partial charge is 0.318 e. The maximum absolute atomic E-state index is 12.8. The van der Waals surface area contributed by atoms with Crippen LogP contribution in [0.15, 0.2) is 18.2 Å². The summed E-state index contributed by atoms with van der Waals surface area (Å²) < 4.78 is 42.7. The molecule has 1 aromatic rings. The molecule has 14 heavy (non-hydrogen) atoms. The van der Waals surface area contributed by atoms with Crippen LogP contribution >= 0.6 is 12.6 Å². The minimum Gasteiger partial charge on any atom is -0.459 e. The zero-order chi connectivity index (χ0) is 10.3. The number of rotatable bonds is 1. The van der Waals surface area contributed by atoms with E-state index < -0.39 is 17.9 Å². The van der Waals surface area contributed by atoms with Crippen LogP contribution in [0.5, 0.6) is 5.75 Å². The van der Waals surface area contributed by atoms with Gasteiger partial charge in [0.1, 0.15) is 11.6 Å². The molecule has 6 heteroatoms. The van der Waals surface area contributed by atoms with Crippen LogP contribution in [0.2, 0.25) is 0 Å². The van der Waals surface area contributed by atoms with E-state index in [2.05, 4.69) is 12.6 Å². The van der Waals surface area contributed by atoms with Gasteiger partial charge in [-0.25, -0.2) is 4.39 Å². The lowest BCUT2D eigenvalue weighted by molar-refractivity contribution is 0.120. The summed E-state index contributed by atoms with van der Waals surface area (Å²) in [5.41, 5.74) is -1.04. The van der Waals surface area contributed by atoms with Gasteiger partial charge in [-0.1, -0.05) is 0 Å². The Morgan fingerprint density at radius 2 is 2.14 bits per heavy atom. The van der Waals surface area contributed by atoms with Crippen LogP contribution in [0.1, 0.15) is 0 Å². The lowest BCUT2D eigenvalue weighted by Gasteiger charge is -2.19. The van der Waals surface area contributed by atoms with Gasteiger partial charge in [0.2, 0.25) is 5.56 Å². The van der Waals surface area contributed by atoms with Gasteiger partial charge in [0.25, 0.3) is 0 Å². The van der Waals surface area contributed by atoms with Crippen molar-refractivity contribution in [3.05, 3.63) is 24.0 Å². The number of alkyl halides is 2. The van der Waals surface area contributed by atoms with Gasteiger partial charge in [0.05, 0.1) is 5.69 Å². The maximum Gasteiger partial charge on any atom is 0.318 e. The zero-order valence-corrected chi connectivity index (χ0v) is 7.72. The fourth-order valence-electron chi connectivity index (χ4n) is 1.28. The van der Waals surface area contributed by atoms with E-state index >= 15 is 0 Å². The number of fused-ring (bicyclic) bond motifs is 1. The molecule has 0 amide bonds. The molecule has 0 N–H and O–H groups in total. The molecule has 2 rings (SSSR count). The first-order chi connectivity index (χ1) is 6.59. The van der Waals surface area contributed by atoms with Crippen molar-refractivity contribution in [3.8, 4) is 5.75 Å². The molecule has 1 aromatic carbocycles. The molecule has 0 spiro atoms. The standard InChI is InChI=1S/C8H6F3NOS/c9-4-1-2-6-5(3-4)12(7(10)11)8(14)13-6/h1-3,7-8,14H. The molecule has 1 heterocycles. The average molecular weight is 221 g/mol. The van der Waals surface area contributed by atoms with Gasteiger partial charge in [-0.2, -0.15) is 8.78 Å². The van der Waals surface area contributed by atoms with Gasteiger partial charge in [0, 0.05) is 6.07 Å². The van der Waals surface area contributed by atoms with Crippen molar-refractivity contribution in [2.24, 2.45) is 0 Å². The predicted molar refractivity (Wildman–Crippen MR) is 48.3 cm³/mol. The van der Waals surface area contributed by atoms with Gasteiger partial charge < -0.3 is 4.74 Å². The van der Waals surface area contributed by atoms with E-state index in [4.69, 9.17) is 4.74 Å². The molecule has 1 unspecified atom stereocenters. The molecular weight excluding hydrogens is 215 g/mol. The number of halogens is 3. The topological polar surface area (TPSA) is 12.5 Å². The summed E-state index contributed by atoms with van der Waals surface area (Å²) in [6.45, 7) is -2.76. The lowest BCUT2D eigenvalue weighted by atomic mass is 10.3. The second-order valence-electron chi connectivity index (χ2n) is 2.74. The predicted octanol–water partition coefficient (Wildman–Crippen LogP) is 2.46. The van der Waals surface area contributed by atoms with E-state index in [9.17, 15) is 13.2 Å². The third kappa shape index (κ3) is 1.39. The second-order valence-corrected chi connectivity index (χ2v) is 3.18. The van der Waals surface area contributed by atoms with E-state index in [1.165, 1.54) is 6.07 Å². The highest BCUT2D eigenvalue weighted by molar-refractivity contribution is 7.80. The lowest BCUT2D eigenvalue weighted by Crippen LogP contribution is -2.34. The Labute approximate surface area is 83.7 Å². The molecule has 1 aliphatic heterocycles. The molecular formula is C8H6F3NOS. The van der Waals surface area contributed by atoms with Crippen molar-refractivity contribution in [3.63, 3.8) is 0 Å². The van der Waals surface area contributed by atoms with Crippen LogP contribution in [-0.4, -0.2) is 12.1 Å². The first-order valence-corrected chi connectivity index (χ1v) is 4.32. The quantitative estimate of drug-likeness (QED) is 0.577. The number of hydrogen-bond acceptors (Lipinski definition) is 3. The van der Waals surface area contributed by atoms with Gasteiger partial charge in [-0.15, -0.1) is 12.6 Å². The average Bonchev–Trinajstić information content (AvgIpc) is 2.40. The van der Waals surface area contributed by atoms with Crippen LogP contribution in [0.3, 0.4) is 0 Å². The molecule has 0 bridgehead atoms. The van der Waals surface area contributed by atoms with E-state index in [1.807, 2.05) is 0 Å². The minimum atomic E-state index is -2.76. The zero-order valence-electron chi connectivity index (χ0n) is 6.82. The first kappa shape index (κ1) is 9.51. The molecule has 1 aliphatic rings. The molecule has 0 aliphatic carbocycles. The summed E-state index contributed by atoms with van der Waals surface area (Å²) in [6, 6.07) is 3.45. The fourth-order valence-corrected chi connectivity index (χ4v) is 1.62. The van der Waals surface area contributed by atoms with Crippen molar-refractivity contribution in [1.29, 1.82) is 0 Å². The minimum absolute atomic E-state index is 0.0278. The number of benzene rings is 1. The van der Waals surface area contributed by atoms with E-state index in [0.29, 0.717) is 4.90 Å². The van der Waals surface area contributed by atoms with E-state index in [1.54, 1.807) is 0 Å². The summed E-state index contributed by atoms with van der Waals surface area (Å²) >= 11 is 3.81. The van der Waals surface area contributed by atoms with Crippen LogP contribution in [-0.2, 0) is 0 Å². The first-order valence-electron chi connectivity index (χ1n) is 3.80. The molecule has 0 saturated heterocycles. The van der Waals surface area contributed by atoms with Gasteiger partial charge in [-0.05, 0) is 12.1 Å². The Morgan fingerprint density at radius 1 is 1.43 bits per heavy atom. The summed E-state index contributed by atoms with van der Waals surface area (Å²) in [5.74, 6) is -0.368. The molecule has 0 saturated carbocycles. The molecule has 76 valence electrons. The fraction of sp³-hybridized carbons (Fsp3) is 0.250. The van der Waals surface area contributed by atoms with Crippen LogP contribution < -0.4 is 9.64 Å². The van der Waals surface area contributed by atoms with Crippen molar-refractivity contribution in [1.82, 2.24) is 0 Å². The van der Waals surface area contributed by atoms with Gasteiger partial charge >= 0.3 is 6.55 Å². The summed E-state index contributed by atoms with van der Waals surface area (Å²) in [6.07, 6.45) is 0. The molecule has 0 radical (unpaired) electrons.